The number of halogens is 2. The molecular weight excluding hydrogens is 436 g/mol. The van der Waals surface area contributed by atoms with Gasteiger partial charge in [-0.25, -0.2) is 8.78 Å². The molecule has 1 amide bonds. The molecule has 1 aliphatic carbocycles. The van der Waals surface area contributed by atoms with E-state index in [2.05, 4.69) is 4.72 Å². The summed E-state index contributed by atoms with van der Waals surface area (Å²) in [5.74, 6) is -1.68. The molecule has 2 aromatic rings. The van der Waals surface area contributed by atoms with Gasteiger partial charge in [0.2, 0.25) is 5.91 Å². The van der Waals surface area contributed by atoms with E-state index < -0.39 is 21.8 Å². The van der Waals surface area contributed by atoms with E-state index in [4.69, 9.17) is 0 Å². The molecule has 4 rings (SSSR count). The monoisotopic (exact) mass is 463 g/mol. The van der Waals surface area contributed by atoms with Crippen molar-refractivity contribution in [2.24, 2.45) is 5.92 Å². The molecule has 1 saturated heterocycles. The predicted octanol–water partition coefficient (Wildman–Crippen LogP) is 3.12. The lowest BCUT2D eigenvalue weighted by Crippen LogP contribution is -2.52. The second kappa shape index (κ2) is 8.88. The van der Waals surface area contributed by atoms with Gasteiger partial charge in [0.25, 0.3) is 10.2 Å². The van der Waals surface area contributed by atoms with Crippen LogP contribution in [0.2, 0.25) is 0 Å². The molecule has 0 bridgehead atoms. The molecule has 9 heteroatoms. The zero-order chi connectivity index (χ0) is 23.0. The second-order valence-electron chi connectivity index (χ2n) is 8.66. The highest BCUT2D eigenvalue weighted by molar-refractivity contribution is 7.87. The van der Waals surface area contributed by atoms with E-state index in [0.717, 1.165) is 9.87 Å². The number of hydrogen-bond donors (Lipinski definition) is 1. The zero-order valence-corrected chi connectivity index (χ0v) is 18.9. The second-order valence-corrected chi connectivity index (χ2v) is 10.6. The van der Waals surface area contributed by atoms with Gasteiger partial charge in [0.05, 0.1) is 5.56 Å². The van der Waals surface area contributed by atoms with Crippen molar-refractivity contribution in [3.05, 3.63) is 59.7 Å². The van der Waals surface area contributed by atoms with Crippen LogP contribution in [0.5, 0.6) is 0 Å². The fourth-order valence-electron chi connectivity index (χ4n) is 4.44. The van der Waals surface area contributed by atoms with E-state index in [1.54, 1.807) is 17.0 Å². The van der Waals surface area contributed by atoms with Crippen LogP contribution in [0.1, 0.15) is 30.7 Å². The summed E-state index contributed by atoms with van der Waals surface area (Å²) in [6, 6.07) is 10.5. The summed E-state index contributed by atoms with van der Waals surface area (Å²) in [6.45, 7) is 0.893. The number of amides is 1. The van der Waals surface area contributed by atoms with Crippen molar-refractivity contribution in [3.63, 3.8) is 0 Å². The van der Waals surface area contributed by atoms with E-state index in [0.29, 0.717) is 37.9 Å². The average molecular weight is 464 g/mol. The number of carbonyl (C=O) groups excluding carboxylic acids is 1. The minimum atomic E-state index is -3.58. The van der Waals surface area contributed by atoms with E-state index in [1.165, 1.54) is 32.3 Å². The molecule has 2 aromatic carbocycles. The highest BCUT2D eigenvalue weighted by Gasteiger charge is 2.47. The van der Waals surface area contributed by atoms with Gasteiger partial charge in [-0.15, -0.1) is 0 Å². The van der Waals surface area contributed by atoms with Crippen LogP contribution in [0.15, 0.2) is 42.5 Å². The maximum Gasteiger partial charge on any atom is 0.279 e. The first-order chi connectivity index (χ1) is 15.2. The highest BCUT2D eigenvalue weighted by Crippen LogP contribution is 2.51. The van der Waals surface area contributed by atoms with Gasteiger partial charge in [0, 0.05) is 39.1 Å². The number of benzene rings is 2. The minimum absolute atomic E-state index is 0.0347. The van der Waals surface area contributed by atoms with Gasteiger partial charge in [-0.05, 0) is 48.4 Å². The number of hydrogen-bond acceptors (Lipinski definition) is 3. The molecule has 1 N–H and O–H groups in total. The summed E-state index contributed by atoms with van der Waals surface area (Å²) in [4.78, 5) is 14.9. The van der Waals surface area contributed by atoms with Crippen LogP contribution in [0.25, 0.3) is 11.1 Å². The van der Waals surface area contributed by atoms with Crippen molar-refractivity contribution >= 4 is 16.1 Å². The molecule has 3 atom stereocenters. The fourth-order valence-corrected chi connectivity index (χ4v) is 5.26. The first-order valence-corrected chi connectivity index (χ1v) is 12.1. The van der Waals surface area contributed by atoms with Gasteiger partial charge < -0.3 is 4.90 Å². The van der Waals surface area contributed by atoms with E-state index in [9.17, 15) is 22.0 Å². The van der Waals surface area contributed by atoms with Crippen LogP contribution in [0.4, 0.5) is 8.78 Å². The Hall–Kier alpha value is -2.36. The predicted molar refractivity (Wildman–Crippen MR) is 118 cm³/mol. The molecule has 0 spiro atoms. The third-order valence-electron chi connectivity index (χ3n) is 6.23. The van der Waals surface area contributed by atoms with Crippen molar-refractivity contribution in [3.8, 4) is 11.1 Å². The summed E-state index contributed by atoms with van der Waals surface area (Å²) in [5.41, 5.74) is 1.16. The van der Waals surface area contributed by atoms with Crippen molar-refractivity contribution < 1.29 is 22.0 Å². The van der Waals surface area contributed by atoms with Crippen molar-refractivity contribution in [1.29, 1.82) is 0 Å². The molecule has 0 radical (unpaired) electrons. The van der Waals surface area contributed by atoms with Crippen LogP contribution in [-0.2, 0) is 15.0 Å². The lowest BCUT2D eigenvalue weighted by atomic mass is 9.95. The summed E-state index contributed by atoms with van der Waals surface area (Å²) in [5, 5.41) is 0. The van der Waals surface area contributed by atoms with Crippen LogP contribution < -0.4 is 4.72 Å². The Labute approximate surface area is 187 Å². The Kier molecular flexibility index (Phi) is 6.33. The fraction of sp³-hybridized carbons (Fsp3) is 0.435. The number of nitrogens with zero attached hydrogens (tertiary/aromatic N) is 2. The van der Waals surface area contributed by atoms with Crippen LogP contribution in [0, 0.1) is 17.6 Å². The number of piperidine rings is 1. The lowest BCUT2D eigenvalue weighted by molar-refractivity contribution is -0.133. The number of carbonyl (C=O) groups is 1. The maximum atomic E-state index is 14.4. The first-order valence-electron chi connectivity index (χ1n) is 10.7. The quantitative estimate of drug-likeness (QED) is 0.716. The first kappa shape index (κ1) is 22.8. The van der Waals surface area contributed by atoms with Crippen LogP contribution in [-0.4, -0.2) is 56.8 Å². The molecule has 0 unspecified atom stereocenters. The van der Waals surface area contributed by atoms with E-state index in [-0.39, 0.29) is 29.3 Å². The van der Waals surface area contributed by atoms with Crippen molar-refractivity contribution in [2.45, 2.75) is 31.2 Å². The topological polar surface area (TPSA) is 69.7 Å². The summed E-state index contributed by atoms with van der Waals surface area (Å²) >= 11 is 0. The van der Waals surface area contributed by atoms with E-state index in [1.807, 2.05) is 12.1 Å². The smallest absolute Gasteiger partial charge is 0.279 e. The van der Waals surface area contributed by atoms with Crippen molar-refractivity contribution in [2.75, 3.05) is 27.2 Å². The van der Waals surface area contributed by atoms with Gasteiger partial charge in [0.15, 0.2) is 0 Å². The van der Waals surface area contributed by atoms with Crippen molar-refractivity contribution in [1.82, 2.24) is 13.9 Å². The maximum absolute atomic E-state index is 14.4. The van der Waals surface area contributed by atoms with Gasteiger partial charge in [0.1, 0.15) is 11.6 Å². The third kappa shape index (κ3) is 4.55. The number of nitrogens with one attached hydrogen (secondary N) is 1. The van der Waals surface area contributed by atoms with Crippen LogP contribution in [0.3, 0.4) is 0 Å². The number of rotatable bonds is 6. The molecule has 0 aromatic heterocycles. The lowest BCUT2D eigenvalue weighted by Gasteiger charge is -2.33. The molecule has 32 heavy (non-hydrogen) atoms. The van der Waals surface area contributed by atoms with Crippen LogP contribution >= 0.6 is 0 Å². The molecular formula is C23H27F2N3O3S. The largest absolute Gasteiger partial charge is 0.341 e. The molecule has 6 nitrogen and oxygen atoms in total. The highest BCUT2D eigenvalue weighted by atomic mass is 32.2. The third-order valence-corrected chi connectivity index (χ3v) is 7.82. The standard InChI is InChI=1S/C23H27F2N3O3S/c1-27(2)32(30,31)26-15-7-6-12-28(14-15)23(29)19-13-18(19)16-8-3-4-9-17(16)22-20(24)10-5-11-21(22)25/h3-5,8-11,15,18-19,26H,6-7,12-14H2,1-2H3/t15-,18-,19+/m0/s1. The Morgan fingerprint density at radius 3 is 2.47 bits per heavy atom. The Morgan fingerprint density at radius 1 is 1.09 bits per heavy atom. The molecule has 2 aliphatic rings. The number of likely N-dealkylation sites (tertiary alicyclic amines) is 1. The average Bonchev–Trinajstić information content (AvgIpc) is 3.54. The van der Waals surface area contributed by atoms with E-state index >= 15 is 0 Å². The molecule has 1 aliphatic heterocycles. The Morgan fingerprint density at radius 2 is 1.78 bits per heavy atom. The minimum Gasteiger partial charge on any atom is -0.341 e. The molecule has 1 heterocycles. The SMILES string of the molecule is CN(C)S(=O)(=O)N[C@H]1CCCN(C(=O)[C@@H]2C[C@H]2c2ccccc2-c2c(F)cccc2F)C1. The Balaban J connectivity index is 1.49. The van der Waals surface area contributed by atoms with Gasteiger partial charge >= 0.3 is 0 Å². The zero-order valence-electron chi connectivity index (χ0n) is 18.1. The Bertz CT molecular complexity index is 1100. The molecule has 2 fully saturated rings. The summed E-state index contributed by atoms with van der Waals surface area (Å²) in [7, 11) is -0.661. The summed E-state index contributed by atoms with van der Waals surface area (Å²) in [6.07, 6.45) is 1.98. The molecule has 1 saturated carbocycles. The van der Waals surface area contributed by atoms with Gasteiger partial charge in [-0.3, -0.25) is 4.79 Å². The normalized spacial score (nSPS) is 23.4. The molecule has 172 valence electrons. The van der Waals surface area contributed by atoms with Gasteiger partial charge in [-0.2, -0.15) is 17.4 Å². The van der Waals surface area contributed by atoms with Gasteiger partial charge in [-0.1, -0.05) is 30.3 Å². The summed E-state index contributed by atoms with van der Waals surface area (Å²) < 4.78 is 56.8.